The monoisotopic (exact) mass is 292 g/mol. The lowest BCUT2D eigenvalue weighted by molar-refractivity contribution is 0.462. The number of rotatable bonds is 5. The molecule has 6 nitrogen and oxygen atoms in total. The summed E-state index contributed by atoms with van der Waals surface area (Å²) in [6.45, 7) is 8.66. The molecule has 6 heteroatoms. The van der Waals surface area contributed by atoms with Gasteiger partial charge in [0.1, 0.15) is 0 Å². The Morgan fingerprint density at radius 3 is 2.38 bits per heavy atom. The number of piperidine rings is 1. The predicted molar refractivity (Wildman–Crippen MR) is 88.2 cm³/mol. The number of nitrogens with one attached hydrogen (secondary N) is 1. The van der Waals surface area contributed by atoms with Crippen LogP contribution < -0.4 is 15.1 Å². The molecule has 0 saturated carbocycles. The van der Waals surface area contributed by atoms with Crippen LogP contribution in [0.1, 0.15) is 46.5 Å². The standard InChI is InChI=1S/C15H28N6/c1-6-15(2,3)20(5)13-17-12(16-4)18-14(19-13)21-10-8-7-9-11-21/h6-11H2,1-5H3,(H,16,17,18,19). The Bertz CT molecular complexity index is 467. The van der Waals surface area contributed by atoms with Gasteiger partial charge in [0.2, 0.25) is 17.8 Å². The van der Waals surface area contributed by atoms with Gasteiger partial charge in [0.25, 0.3) is 0 Å². The van der Waals surface area contributed by atoms with Crippen LogP contribution in [0, 0.1) is 0 Å². The van der Waals surface area contributed by atoms with E-state index in [2.05, 4.69) is 52.9 Å². The van der Waals surface area contributed by atoms with Gasteiger partial charge in [-0.25, -0.2) is 0 Å². The topological polar surface area (TPSA) is 57.2 Å². The van der Waals surface area contributed by atoms with Crippen molar-refractivity contribution in [2.45, 2.75) is 52.0 Å². The summed E-state index contributed by atoms with van der Waals surface area (Å²) in [5.41, 5.74) is 0.0194. The first-order valence-electron chi connectivity index (χ1n) is 7.90. The van der Waals surface area contributed by atoms with Gasteiger partial charge in [0.05, 0.1) is 0 Å². The SMILES string of the molecule is CCC(C)(C)N(C)c1nc(NC)nc(N2CCCCC2)n1. The zero-order valence-corrected chi connectivity index (χ0v) is 14.0. The van der Waals surface area contributed by atoms with Gasteiger partial charge in [-0.1, -0.05) is 6.92 Å². The lowest BCUT2D eigenvalue weighted by Gasteiger charge is -2.35. The van der Waals surface area contributed by atoms with Gasteiger partial charge < -0.3 is 15.1 Å². The molecular formula is C15H28N6. The van der Waals surface area contributed by atoms with E-state index < -0.39 is 0 Å². The zero-order chi connectivity index (χ0) is 15.5. The Hall–Kier alpha value is -1.59. The van der Waals surface area contributed by atoms with E-state index in [1.807, 2.05) is 7.05 Å². The number of aromatic nitrogens is 3. The first-order valence-corrected chi connectivity index (χ1v) is 7.90. The van der Waals surface area contributed by atoms with Crippen LogP contribution >= 0.6 is 0 Å². The molecule has 1 aliphatic rings. The van der Waals surface area contributed by atoms with Gasteiger partial charge in [-0.15, -0.1) is 0 Å². The molecular weight excluding hydrogens is 264 g/mol. The van der Waals surface area contributed by atoms with Crippen molar-refractivity contribution in [2.24, 2.45) is 0 Å². The summed E-state index contributed by atoms with van der Waals surface area (Å²) in [7, 11) is 3.91. The summed E-state index contributed by atoms with van der Waals surface area (Å²) in [5, 5.41) is 3.06. The van der Waals surface area contributed by atoms with Crippen molar-refractivity contribution in [1.29, 1.82) is 0 Å². The second kappa shape index (κ2) is 6.45. The van der Waals surface area contributed by atoms with Crippen molar-refractivity contribution in [3.63, 3.8) is 0 Å². The van der Waals surface area contributed by atoms with Gasteiger partial charge in [-0.2, -0.15) is 15.0 Å². The molecule has 2 rings (SSSR count). The Labute approximate surface area is 128 Å². The third-order valence-corrected chi connectivity index (χ3v) is 4.55. The fourth-order valence-electron chi connectivity index (χ4n) is 2.36. The minimum atomic E-state index is 0.0194. The summed E-state index contributed by atoms with van der Waals surface area (Å²) in [6.07, 6.45) is 4.76. The quantitative estimate of drug-likeness (QED) is 0.900. The van der Waals surface area contributed by atoms with E-state index >= 15 is 0 Å². The van der Waals surface area contributed by atoms with E-state index in [9.17, 15) is 0 Å². The van der Waals surface area contributed by atoms with Crippen molar-refractivity contribution >= 4 is 17.8 Å². The average molecular weight is 292 g/mol. The lowest BCUT2D eigenvalue weighted by atomic mass is 10.0. The van der Waals surface area contributed by atoms with Crippen LogP contribution in [0.15, 0.2) is 0 Å². The molecule has 0 aromatic carbocycles. The molecule has 0 spiro atoms. The van der Waals surface area contributed by atoms with Gasteiger partial charge in [0, 0.05) is 32.7 Å². The normalized spacial score (nSPS) is 16.0. The molecule has 21 heavy (non-hydrogen) atoms. The maximum Gasteiger partial charge on any atom is 0.232 e. The molecule has 1 aromatic heterocycles. The van der Waals surface area contributed by atoms with Crippen molar-refractivity contribution in [3.8, 4) is 0 Å². The van der Waals surface area contributed by atoms with Crippen molar-refractivity contribution in [2.75, 3.05) is 42.3 Å². The first kappa shape index (κ1) is 15.8. The van der Waals surface area contributed by atoms with Crippen molar-refractivity contribution in [3.05, 3.63) is 0 Å². The number of nitrogens with zero attached hydrogens (tertiary/aromatic N) is 5. The van der Waals surface area contributed by atoms with Gasteiger partial charge in [-0.3, -0.25) is 0 Å². The highest BCUT2D eigenvalue weighted by atomic mass is 15.4. The molecule has 0 atom stereocenters. The van der Waals surface area contributed by atoms with E-state index in [0.717, 1.165) is 31.4 Å². The Morgan fingerprint density at radius 2 is 1.81 bits per heavy atom. The third-order valence-electron chi connectivity index (χ3n) is 4.55. The second-order valence-electron chi connectivity index (χ2n) is 6.28. The van der Waals surface area contributed by atoms with E-state index in [1.54, 1.807) is 0 Å². The van der Waals surface area contributed by atoms with E-state index in [-0.39, 0.29) is 5.54 Å². The minimum absolute atomic E-state index is 0.0194. The van der Waals surface area contributed by atoms with Gasteiger partial charge in [0.15, 0.2) is 0 Å². The van der Waals surface area contributed by atoms with Gasteiger partial charge >= 0.3 is 0 Å². The molecule has 1 N–H and O–H groups in total. The Balaban J connectivity index is 2.33. The molecule has 1 aromatic rings. The molecule has 1 aliphatic heterocycles. The molecule has 118 valence electrons. The van der Waals surface area contributed by atoms with E-state index in [4.69, 9.17) is 4.98 Å². The Morgan fingerprint density at radius 1 is 1.14 bits per heavy atom. The number of hydrogen-bond donors (Lipinski definition) is 1. The highest BCUT2D eigenvalue weighted by Gasteiger charge is 2.25. The van der Waals surface area contributed by atoms with Crippen molar-refractivity contribution in [1.82, 2.24) is 15.0 Å². The van der Waals surface area contributed by atoms with Crippen molar-refractivity contribution < 1.29 is 0 Å². The van der Waals surface area contributed by atoms with Crippen LogP contribution in [-0.4, -0.2) is 47.7 Å². The third kappa shape index (κ3) is 3.54. The van der Waals surface area contributed by atoms with Crippen LogP contribution in [0.5, 0.6) is 0 Å². The zero-order valence-electron chi connectivity index (χ0n) is 14.0. The largest absolute Gasteiger partial charge is 0.357 e. The number of anilines is 3. The first-order chi connectivity index (χ1) is 9.97. The maximum atomic E-state index is 4.71. The van der Waals surface area contributed by atoms with Crippen LogP contribution in [0.2, 0.25) is 0 Å². The van der Waals surface area contributed by atoms with Crippen LogP contribution in [-0.2, 0) is 0 Å². The van der Waals surface area contributed by atoms with E-state index in [0.29, 0.717) is 5.95 Å². The molecule has 0 unspecified atom stereocenters. The highest BCUT2D eigenvalue weighted by Crippen LogP contribution is 2.25. The smallest absolute Gasteiger partial charge is 0.232 e. The van der Waals surface area contributed by atoms with Crippen LogP contribution in [0.4, 0.5) is 17.8 Å². The Kier molecular flexibility index (Phi) is 4.85. The number of hydrogen-bond acceptors (Lipinski definition) is 6. The van der Waals surface area contributed by atoms with Gasteiger partial charge in [-0.05, 0) is 39.5 Å². The molecule has 2 heterocycles. The van der Waals surface area contributed by atoms with Crippen LogP contribution in [0.25, 0.3) is 0 Å². The summed E-state index contributed by atoms with van der Waals surface area (Å²) in [5.74, 6) is 2.17. The molecule has 0 bridgehead atoms. The lowest BCUT2D eigenvalue weighted by Crippen LogP contribution is -2.42. The molecule has 1 fully saturated rings. The average Bonchev–Trinajstić information content (AvgIpc) is 2.54. The highest BCUT2D eigenvalue weighted by molar-refractivity contribution is 5.46. The molecule has 0 radical (unpaired) electrons. The fraction of sp³-hybridized carbons (Fsp3) is 0.800. The van der Waals surface area contributed by atoms with Crippen LogP contribution in [0.3, 0.4) is 0 Å². The maximum absolute atomic E-state index is 4.71. The summed E-state index contributed by atoms with van der Waals surface area (Å²) in [6, 6.07) is 0. The summed E-state index contributed by atoms with van der Waals surface area (Å²) < 4.78 is 0. The minimum Gasteiger partial charge on any atom is -0.357 e. The molecule has 0 amide bonds. The second-order valence-corrected chi connectivity index (χ2v) is 6.28. The summed E-state index contributed by atoms with van der Waals surface area (Å²) >= 11 is 0. The van der Waals surface area contributed by atoms with E-state index in [1.165, 1.54) is 19.3 Å². The molecule has 0 aliphatic carbocycles. The fourth-order valence-corrected chi connectivity index (χ4v) is 2.36. The predicted octanol–water partition coefficient (Wildman–Crippen LogP) is 2.53. The summed E-state index contributed by atoms with van der Waals surface area (Å²) in [4.78, 5) is 18.2. The molecule has 1 saturated heterocycles.